The number of nitrogens with one attached hydrogen (secondary N) is 1. The van der Waals surface area contributed by atoms with E-state index in [2.05, 4.69) is 15.2 Å². The van der Waals surface area contributed by atoms with Crippen LogP contribution in [0.15, 0.2) is 70.9 Å². The SMILES string of the molecule is CC1=C(C(=O)OCCN(C)Cc2ccccc2)C(c2ccccc2[N+](=O)[O-])=NC(C)N1. The van der Waals surface area contributed by atoms with E-state index in [1.54, 1.807) is 25.1 Å². The monoisotopic (exact) mass is 422 g/mol. The Kier molecular flexibility index (Phi) is 7.15. The van der Waals surface area contributed by atoms with E-state index in [0.717, 1.165) is 6.54 Å². The Bertz CT molecular complexity index is 1020. The molecule has 8 heteroatoms. The van der Waals surface area contributed by atoms with Gasteiger partial charge in [0.05, 0.1) is 16.2 Å². The third-order valence-electron chi connectivity index (χ3n) is 4.92. The minimum atomic E-state index is -0.554. The van der Waals surface area contributed by atoms with Crippen LogP contribution in [0.3, 0.4) is 0 Å². The van der Waals surface area contributed by atoms with Crippen molar-refractivity contribution in [2.75, 3.05) is 20.2 Å². The van der Waals surface area contributed by atoms with E-state index in [4.69, 9.17) is 4.74 Å². The molecule has 0 aromatic heterocycles. The summed E-state index contributed by atoms with van der Waals surface area (Å²) < 4.78 is 5.52. The van der Waals surface area contributed by atoms with Gasteiger partial charge in [-0.1, -0.05) is 42.5 Å². The highest BCUT2D eigenvalue weighted by Crippen LogP contribution is 2.26. The molecule has 0 saturated heterocycles. The summed E-state index contributed by atoms with van der Waals surface area (Å²) in [6, 6.07) is 16.3. The summed E-state index contributed by atoms with van der Waals surface area (Å²) in [4.78, 5) is 30.5. The summed E-state index contributed by atoms with van der Waals surface area (Å²) in [5.41, 5.74) is 2.45. The van der Waals surface area contributed by atoms with E-state index in [1.165, 1.54) is 11.6 Å². The van der Waals surface area contributed by atoms with E-state index in [0.29, 0.717) is 17.8 Å². The van der Waals surface area contributed by atoms with Crippen molar-refractivity contribution in [3.8, 4) is 0 Å². The number of hydrogen-bond donors (Lipinski definition) is 1. The maximum Gasteiger partial charge on any atom is 0.342 e. The molecule has 1 atom stereocenters. The minimum absolute atomic E-state index is 0.101. The molecule has 31 heavy (non-hydrogen) atoms. The quantitative estimate of drug-likeness (QED) is 0.398. The van der Waals surface area contributed by atoms with Gasteiger partial charge < -0.3 is 10.1 Å². The molecule has 0 saturated carbocycles. The first-order chi connectivity index (χ1) is 14.9. The van der Waals surface area contributed by atoms with Gasteiger partial charge in [0.25, 0.3) is 5.69 Å². The number of carbonyl (C=O) groups is 1. The molecule has 0 aliphatic carbocycles. The van der Waals surface area contributed by atoms with Crippen molar-refractivity contribution >= 4 is 17.4 Å². The molecule has 0 fully saturated rings. The van der Waals surface area contributed by atoms with E-state index in [-0.39, 0.29) is 29.7 Å². The Morgan fingerprint density at radius 3 is 2.58 bits per heavy atom. The normalized spacial score (nSPS) is 16.0. The topological polar surface area (TPSA) is 97.1 Å². The zero-order valence-corrected chi connectivity index (χ0v) is 17.9. The summed E-state index contributed by atoms with van der Waals surface area (Å²) in [7, 11) is 1.95. The van der Waals surface area contributed by atoms with Gasteiger partial charge in [-0.15, -0.1) is 0 Å². The molecule has 2 aromatic rings. The van der Waals surface area contributed by atoms with Crippen LogP contribution in [0.25, 0.3) is 0 Å². The van der Waals surface area contributed by atoms with Crippen molar-refractivity contribution < 1.29 is 14.5 Å². The lowest BCUT2D eigenvalue weighted by molar-refractivity contribution is -0.385. The van der Waals surface area contributed by atoms with Crippen LogP contribution in [0.1, 0.15) is 25.0 Å². The molecular weight excluding hydrogens is 396 g/mol. The molecule has 1 N–H and O–H groups in total. The van der Waals surface area contributed by atoms with Crippen molar-refractivity contribution in [1.29, 1.82) is 0 Å². The molecule has 2 aromatic carbocycles. The molecule has 0 radical (unpaired) electrons. The highest BCUT2D eigenvalue weighted by Gasteiger charge is 2.30. The number of benzene rings is 2. The third-order valence-corrected chi connectivity index (χ3v) is 4.92. The molecule has 0 spiro atoms. The molecule has 1 aliphatic heterocycles. The summed E-state index contributed by atoms with van der Waals surface area (Å²) in [6.07, 6.45) is -0.316. The van der Waals surface area contributed by atoms with Crippen LogP contribution >= 0.6 is 0 Å². The van der Waals surface area contributed by atoms with Crippen molar-refractivity contribution in [3.05, 3.63) is 87.1 Å². The van der Waals surface area contributed by atoms with Crippen LogP contribution in [-0.2, 0) is 16.1 Å². The third kappa shape index (κ3) is 5.55. The van der Waals surface area contributed by atoms with Crippen LogP contribution in [-0.4, -0.2) is 47.9 Å². The van der Waals surface area contributed by atoms with Crippen molar-refractivity contribution in [3.63, 3.8) is 0 Å². The number of esters is 1. The molecule has 1 aliphatic rings. The second kappa shape index (κ2) is 9.99. The zero-order chi connectivity index (χ0) is 22.4. The fourth-order valence-electron chi connectivity index (χ4n) is 3.48. The molecule has 8 nitrogen and oxygen atoms in total. The second-order valence-corrected chi connectivity index (χ2v) is 7.43. The van der Waals surface area contributed by atoms with Crippen molar-refractivity contribution in [2.24, 2.45) is 4.99 Å². The van der Waals surface area contributed by atoms with E-state index >= 15 is 0 Å². The highest BCUT2D eigenvalue weighted by molar-refractivity contribution is 6.28. The standard InChI is InChI=1S/C23H26N4O4/c1-16-21(23(28)31-14-13-26(3)15-18-9-5-4-6-10-18)22(25-17(2)24-16)19-11-7-8-12-20(19)27(29)30/h4-12,17,24H,13-15H2,1-3H3. The average Bonchev–Trinajstić information content (AvgIpc) is 2.73. The Balaban J connectivity index is 1.72. The van der Waals surface area contributed by atoms with Gasteiger partial charge in [0.1, 0.15) is 18.3 Å². The van der Waals surface area contributed by atoms with Gasteiger partial charge in [-0.3, -0.25) is 20.0 Å². The first kappa shape index (κ1) is 22.2. The molecule has 3 rings (SSSR count). The number of hydrogen-bond acceptors (Lipinski definition) is 7. The Hall–Kier alpha value is -3.52. The largest absolute Gasteiger partial charge is 0.461 e. The predicted octanol–water partition coefficient (Wildman–Crippen LogP) is 3.28. The van der Waals surface area contributed by atoms with Crippen LogP contribution in [0.5, 0.6) is 0 Å². The maximum absolute atomic E-state index is 12.9. The number of nitro groups is 1. The average molecular weight is 422 g/mol. The lowest BCUT2D eigenvalue weighted by Crippen LogP contribution is -2.35. The summed E-state index contributed by atoms with van der Waals surface area (Å²) in [5.74, 6) is -0.554. The number of para-hydroxylation sites is 1. The molecule has 1 unspecified atom stereocenters. The van der Waals surface area contributed by atoms with Crippen molar-refractivity contribution in [1.82, 2.24) is 10.2 Å². The number of ether oxygens (including phenoxy) is 1. The Morgan fingerprint density at radius 2 is 1.87 bits per heavy atom. The van der Waals surface area contributed by atoms with Crippen LogP contribution in [0, 0.1) is 10.1 Å². The molecular formula is C23H26N4O4. The van der Waals surface area contributed by atoms with E-state index < -0.39 is 10.9 Å². The second-order valence-electron chi connectivity index (χ2n) is 7.43. The van der Waals surface area contributed by atoms with Crippen LogP contribution < -0.4 is 5.32 Å². The van der Waals surface area contributed by atoms with Crippen molar-refractivity contribution in [2.45, 2.75) is 26.6 Å². The zero-order valence-electron chi connectivity index (χ0n) is 17.9. The number of aliphatic imine (C=N–C) groups is 1. The minimum Gasteiger partial charge on any atom is -0.461 e. The lowest BCUT2D eigenvalue weighted by atomic mass is 9.97. The number of nitrogens with zero attached hydrogens (tertiary/aromatic N) is 3. The molecule has 162 valence electrons. The van der Waals surface area contributed by atoms with E-state index in [9.17, 15) is 14.9 Å². The highest BCUT2D eigenvalue weighted by atomic mass is 16.6. The van der Waals surface area contributed by atoms with Crippen LogP contribution in [0.4, 0.5) is 5.69 Å². The fourth-order valence-corrected chi connectivity index (χ4v) is 3.48. The summed E-state index contributed by atoms with van der Waals surface area (Å²) in [5, 5.41) is 14.6. The van der Waals surface area contributed by atoms with Gasteiger partial charge in [0.2, 0.25) is 0 Å². The van der Waals surface area contributed by atoms with Gasteiger partial charge in [-0.2, -0.15) is 0 Å². The number of rotatable bonds is 8. The van der Waals surface area contributed by atoms with Gasteiger partial charge in [0, 0.05) is 24.9 Å². The fraction of sp³-hybridized carbons (Fsp3) is 0.304. The summed E-state index contributed by atoms with van der Waals surface area (Å²) >= 11 is 0. The van der Waals surface area contributed by atoms with E-state index in [1.807, 2.05) is 44.3 Å². The number of likely N-dealkylation sites (N-methyl/N-ethyl adjacent to an activating group) is 1. The molecule has 0 bridgehead atoms. The van der Waals surface area contributed by atoms with Gasteiger partial charge >= 0.3 is 5.97 Å². The maximum atomic E-state index is 12.9. The Morgan fingerprint density at radius 1 is 1.19 bits per heavy atom. The molecule has 0 amide bonds. The smallest absolute Gasteiger partial charge is 0.342 e. The van der Waals surface area contributed by atoms with Gasteiger partial charge in [-0.25, -0.2) is 4.79 Å². The number of allylic oxidation sites excluding steroid dienone is 1. The predicted molar refractivity (Wildman–Crippen MR) is 119 cm³/mol. The lowest BCUT2D eigenvalue weighted by Gasteiger charge is -2.24. The first-order valence-electron chi connectivity index (χ1n) is 10.1. The Labute approximate surface area is 181 Å². The number of carbonyl (C=O) groups excluding carboxylic acids is 1. The summed E-state index contributed by atoms with van der Waals surface area (Å²) in [6.45, 7) is 5.05. The first-order valence-corrected chi connectivity index (χ1v) is 10.1. The number of nitro benzene ring substituents is 1. The van der Waals surface area contributed by atoms with Gasteiger partial charge in [0.15, 0.2) is 0 Å². The van der Waals surface area contributed by atoms with Gasteiger partial charge in [-0.05, 0) is 32.5 Å². The molecule has 1 heterocycles. The van der Waals surface area contributed by atoms with Crippen LogP contribution in [0.2, 0.25) is 0 Å².